The average Bonchev–Trinajstić information content (AvgIpc) is 3.52. The summed E-state index contributed by atoms with van der Waals surface area (Å²) in [5, 5.41) is 4.73. The van der Waals surface area contributed by atoms with E-state index in [1.807, 2.05) is 30.3 Å². The SMILES string of the molecule is O=S(=O)(c1ccc(F)cc1)n1c(-c2cn(-c3ccccc3)nc2-c2ccc(F)cc2)nc2ccccc21. The highest BCUT2D eigenvalue weighted by Crippen LogP contribution is 2.36. The van der Waals surface area contributed by atoms with Gasteiger partial charge in [-0.3, -0.25) is 0 Å². The molecule has 6 nitrogen and oxygen atoms in total. The van der Waals surface area contributed by atoms with Gasteiger partial charge in [0.1, 0.15) is 17.3 Å². The molecule has 0 aliphatic heterocycles. The fourth-order valence-electron chi connectivity index (χ4n) is 4.20. The van der Waals surface area contributed by atoms with Gasteiger partial charge in [0.15, 0.2) is 5.82 Å². The van der Waals surface area contributed by atoms with Crippen LogP contribution in [0.3, 0.4) is 0 Å². The lowest BCUT2D eigenvalue weighted by molar-refractivity contribution is 0.588. The topological polar surface area (TPSA) is 69.8 Å². The Morgan fingerprint density at radius 2 is 1.32 bits per heavy atom. The molecule has 0 radical (unpaired) electrons. The van der Waals surface area contributed by atoms with Gasteiger partial charge < -0.3 is 0 Å². The van der Waals surface area contributed by atoms with Crippen LogP contribution in [-0.2, 0) is 10.0 Å². The predicted molar refractivity (Wildman–Crippen MR) is 137 cm³/mol. The lowest BCUT2D eigenvalue weighted by Gasteiger charge is -2.11. The highest BCUT2D eigenvalue weighted by atomic mass is 32.2. The van der Waals surface area contributed by atoms with E-state index in [0.29, 0.717) is 27.9 Å². The van der Waals surface area contributed by atoms with Crippen molar-refractivity contribution in [1.82, 2.24) is 18.7 Å². The Hall–Kier alpha value is -4.63. The van der Waals surface area contributed by atoms with Gasteiger partial charge in [0.05, 0.1) is 27.2 Å². The summed E-state index contributed by atoms with van der Waals surface area (Å²) in [5.74, 6) is -0.816. The average molecular weight is 513 g/mol. The van der Waals surface area contributed by atoms with Gasteiger partial charge in [0, 0.05) is 11.8 Å². The molecule has 0 aliphatic rings. The number of nitrogens with zero attached hydrogens (tertiary/aromatic N) is 4. The molecule has 0 aliphatic carbocycles. The van der Waals surface area contributed by atoms with Gasteiger partial charge in [-0.25, -0.2) is 30.8 Å². The Labute approximate surface area is 211 Å². The van der Waals surface area contributed by atoms with Crippen molar-refractivity contribution < 1.29 is 17.2 Å². The van der Waals surface area contributed by atoms with E-state index >= 15 is 0 Å². The van der Waals surface area contributed by atoms with Crippen molar-refractivity contribution in [2.75, 3.05) is 0 Å². The molecule has 4 aromatic carbocycles. The minimum absolute atomic E-state index is 0.0860. The third-order valence-electron chi connectivity index (χ3n) is 5.96. The maximum Gasteiger partial charge on any atom is 0.269 e. The first-order chi connectivity index (χ1) is 17.9. The zero-order valence-corrected chi connectivity index (χ0v) is 20.0. The molecular weight excluding hydrogens is 494 g/mol. The van der Waals surface area contributed by atoms with E-state index in [9.17, 15) is 17.2 Å². The Kier molecular flexibility index (Phi) is 5.42. The molecule has 2 heterocycles. The van der Waals surface area contributed by atoms with Gasteiger partial charge in [0.25, 0.3) is 10.0 Å². The smallest absolute Gasteiger partial charge is 0.240 e. The van der Waals surface area contributed by atoms with Crippen LogP contribution in [-0.4, -0.2) is 27.2 Å². The molecular formula is C28H18F2N4O2S. The lowest BCUT2D eigenvalue weighted by Crippen LogP contribution is -2.14. The molecule has 6 aromatic rings. The van der Waals surface area contributed by atoms with E-state index in [2.05, 4.69) is 4.98 Å². The summed E-state index contributed by atoms with van der Waals surface area (Å²) in [6.45, 7) is 0. The molecule has 6 rings (SSSR count). The number of rotatable bonds is 5. The van der Waals surface area contributed by atoms with Gasteiger partial charge in [-0.05, 0) is 72.8 Å². The number of para-hydroxylation sites is 3. The first-order valence-electron chi connectivity index (χ1n) is 11.3. The van der Waals surface area contributed by atoms with Crippen molar-refractivity contribution in [3.8, 4) is 28.3 Å². The summed E-state index contributed by atoms with van der Waals surface area (Å²) in [7, 11) is -4.19. The third kappa shape index (κ3) is 3.99. The maximum absolute atomic E-state index is 13.9. The van der Waals surface area contributed by atoms with Crippen molar-refractivity contribution in [3.05, 3.63) is 121 Å². The van der Waals surface area contributed by atoms with Crippen LogP contribution in [0.1, 0.15) is 0 Å². The molecule has 0 amide bonds. The largest absolute Gasteiger partial charge is 0.269 e. The Bertz CT molecular complexity index is 1840. The number of benzene rings is 4. The standard InChI is InChI=1S/C28H18F2N4O2S/c29-20-12-10-19(11-13-20)27-24(18-33(32-27)22-6-2-1-3-7-22)28-31-25-8-4-5-9-26(25)34(28)37(35,36)23-16-14-21(30)15-17-23/h1-18H. The molecule has 0 fully saturated rings. The van der Waals surface area contributed by atoms with Crippen LogP contribution in [0, 0.1) is 11.6 Å². The van der Waals surface area contributed by atoms with Gasteiger partial charge >= 0.3 is 0 Å². The van der Waals surface area contributed by atoms with Crippen molar-refractivity contribution in [2.24, 2.45) is 0 Å². The second kappa shape index (κ2) is 8.79. The number of imidazole rings is 1. The van der Waals surface area contributed by atoms with Crippen LogP contribution in [0.25, 0.3) is 39.4 Å². The monoisotopic (exact) mass is 512 g/mol. The fourth-order valence-corrected chi connectivity index (χ4v) is 5.67. The van der Waals surface area contributed by atoms with Gasteiger partial charge in [-0.1, -0.05) is 30.3 Å². The highest BCUT2D eigenvalue weighted by Gasteiger charge is 2.28. The summed E-state index contributed by atoms with van der Waals surface area (Å²) in [5.41, 5.74) is 3.01. The molecule has 0 unspecified atom stereocenters. The summed E-state index contributed by atoms with van der Waals surface area (Å²) in [6, 6.07) is 26.6. The van der Waals surface area contributed by atoms with Crippen LogP contribution in [0.4, 0.5) is 8.78 Å². The van der Waals surface area contributed by atoms with Gasteiger partial charge in [-0.15, -0.1) is 0 Å². The van der Waals surface area contributed by atoms with E-state index in [4.69, 9.17) is 5.10 Å². The summed E-state index contributed by atoms with van der Waals surface area (Å²) in [4.78, 5) is 4.60. The second-order valence-corrected chi connectivity index (χ2v) is 10.1. The van der Waals surface area contributed by atoms with Crippen molar-refractivity contribution in [2.45, 2.75) is 4.90 Å². The van der Waals surface area contributed by atoms with E-state index in [-0.39, 0.29) is 10.7 Å². The Morgan fingerprint density at radius 1 is 0.703 bits per heavy atom. The van der Waals surface area contributed by atoms with Gasteiger partial charge in [-0.2, -0.15) is 5.10 Å². The minimum Gasteiger partial charge on any atom is -0.240 e. The molecule has 182 valence electrons. The fraction of sp³-hybridized carbons (Fsp3) is 0. The van der Waals surface area contributed by atoms with Crippen molar-refractivity contribution in [3.63, 3.8) is 0 Å². The number of fused-ring (bicyclic) bond motifs is 1. The lowest BCUT2D eigenvalue weighted by atomic mass is 10.1. The van der Waals surface area contributed by atoms with Gasteiger partial charge in [0.2, 0.25) is 0 Å². The summed E-state index contributed by atoms with van der Waals surface area (Å²) >= 11 is 0. The normalized spacial score (nSPS) is 11.7. The Morgan fingerprint density at radius 3 is 2.03 bits per heavy atom. The second-order valence-electron chi connectivity index (χ2n) is 8.33. The molecule has 0 saturated carbocycles. The van der Waals surface area contributed by atoms with E-state index in [1.54, 1.807) is 47.3 Å². The van der Waals surface area contributed by atoms with Crippen LogP contribution in [0.5, 0.6) is 0 Å². The molecule has 0 bridgehead atoms. The number of halogens is 2. The summed E-state index contributed by atoms with van der Waals surface area (Å²) in [6.07, 6.45) is 1.70. The Balaban J connectivity index is 1.66. The number of hydrogen-bond acceptors (Lipinski definition) is 4. The molecule has 2 aromatic heterocycles. The predicted octanol–water partition coefficient (Wildman–Crippen LogP) is 6.07. The number of aromatic nitrogens is 4. The third-order valence-corrected chi connectivity index (χ3v) is 7.68. The maximum atomic E-state index is 13.9. The first-order valence-corrected chi connectivity index (χ1v) is 12.8. The van der Waals surface area contributed by atoms with E-state index in [1.165, 1.54) is 24.3 Å². The molecule has 0 N–H and O–H groups in total. The molecule has 37 heavy (non-hydrogen) atoms. The number of hydrogen-bond donors (Lipinski definition) is 0. The minimum atomic E-state index is -4.19. The van der Waals surface area contributed by atoms with Crippen LogP contribution >= 0.6 is 0 Å². The molecule has 0 saturated heterocycles. The van der Waals surface area contributed by atoms with Crippen molar-refractivity contribution >= 4 is 21.1 Å². The molecule has 0 spiro atoms. The zero-order chi connectivity index (χ0) is 25.6. The zero-order valence-electron chi connectivity index (χ0n) is 19.2. The quantitative estimate of drug-likeness (QED) is 0.281. The van der Waals surface area contributed by atoms with E-state index in [0.717, 1.165) is 21.8 Å². The van der Waals surface area contributed by atoms with Crippen LogP contribution in [0.15, 0.2) is 114 Å². The molecule has 9 heteroatoms. The van der Waals surface area contributed by atoms with E-state index < -0.39 is 21.7 Å². The summed E-state index contributed by atoms with van der Waals surface area (Å²) < 4.78 is 57.9. The highest BCUT2D eigenvalue weighted by molar-refractivity contribution is 7.90. The molecule has 0 atom stereocenters. The van der Waals surface area contributed by atoms with Crippen LogP contribution < -0.4 is 0 Å². The first kappa shape index (κ1) is 22.8. The van der Waals surface area contributed by atoms with Crippen molar-refractivity contribution in [1.29, 1.82) is 0 Å². The van der Waals surface area contributed by atoms with Crippen LogP contribution in [0.2, 0.25) is 0 Å².